The Balaban J connectivity index is 1.61. The molecule has 1 amide bonds. The number of carbonyl (C=O) groups excluding carboxylic acids is 1. The predicted molar refractivity (Wildman–Crippen MR) is 105 cm³/mol. The van der Waals surface area contributed by atoms with Crippen molar-refractivity contribution in [3.8, 4) is 0 Å². The molecule has 0 saturated carbocycles. The molecule has 3 aromatic rings. The van der Waals surface area contributed by atoms with Gasteiger partial charge in [-0.2, -0.15) is 0 Å². The van der Waals surface area contributed by atoms with E-state index < -0.39 is 0 Å². The summed E-state index contributed by atoms with van der Waals surface area (Å²) in [7, 11) is 0. The van der Waals surface area contributed by atoms with Gasteiger partial charge < -0.3 is 10.6 Å². The molecule has 2 unspecified atom stereocenters. The molecule has 1 aromatic heterocycles. The summed E-state index contributed by atoms with van der Waals surface area (Å²) in [5, 5.41) is 6.37. The molecule has 2 aromatic carbocycles. The van der Waals surface area contributed by atoms with Crippen molar-refractivity contribution in [2.75, 3.05) is 5.32 Å². The molecule has 0 spiro atoms. The van der Waals surface area contributed by atoms with Crippen LogP contribution < -0.4 is 10.6 Å². The van der Waals surface area contributed by atoms with Gasteiger partial charge >= 0.3 is 0 Å². The number of carbonyl (C=O) groups is 1. The largest absolute Gasteiger partial charge is 0.377 e. The lowest BCUT2D eigenvalue weighted by Gasteiger charge is -2.16. The Morgan fingerprint density at radius 2 is 1.38 bits per heavy atom. The monoisotopic (exact) mass is 345 g/mol. The number of pyridine rings is 1. The molecule has 2 atom stereocenters. The molecule has 0 fully saturated rings. The molecule has 3 rings (SSSR count). The molecule has 132 valence electrons. The average Bonchev–Trinajstić information content (AvgIpc) is 2.69. The Morgan fingerprint density at radius 3 is 1.92 bits per heavy atom. The summed E-state index contributed by atoms with van der Waals surface area (Å²) in [6.45, 7) is 4.06. The number of nitrogens with zero attached hydrogens (tertiary/aromatic N) is 1. The van der Waals surface area contributed by atoms with E-state index in [4.69, 9.17) is 0 Å². The quantitative estimate of drug-likeness (QED) is 0.678. The molecule has 2 N–H and O–H groups in total. The van der Waals surface area contributed by atoms with Crippen LogP contribution in [0.25, 0.3) is 0 Å². The first-order chi connectivity index (χ1) is 12.6. The van der Waals surface area contributed by atoms with Crippen molar-refractivity contribution >= 4 is 11.6 Å². The van der Waals surface area contributed by atoms with Crippen LogP contribution in [0.5, 0.6) is 0 Å². The van der Waals surface area contributed by atoms with Gasteiger partial charge in [-0.05, 0) is 37.1 Å². The third-order valence-corrected chi connectivity index (χ3v) is 4.33. The smallest absolute Gasteiger partial charge is 0.270 e. The van der Waals surface area contributed by atoms with E-state index in [1.165, 1.54) is 5.56 Å². The second-order valence-corrected chi connectivity index (χ2v) is 6.31. The summed E-state index contributed by atoms with van der Waals surface area (Å²) >= 11 is 0. The van der Waals surface area contributed by atoms with Gasteiger partial charge in [-0.25, -0.2) is 4.98 Å². The second kappa shape index (κ2) is 8.30. The van der Waals surface area contributed by atoms with Crippen LogP contribution in [-0.2, 0) is 0 Å². The predicted octanol–water partition coefficient (Wildman–Crippen LogP) is 4.75. The topological polar surface area (TPSA) is 54.0 Å². The minimum absolute atomic E-state index is 0.0681. The molecular formula is C22H23N3O. The summed E-state index contributed by atoms with van der Waals surface area (Å²) in [4.78, 5) is 16.7. The zero-order chi connectivity index (χ0) is 18.4. The number of anilines is 1. The maximum atomic E-state index is 12.4. The van der Waals surface area contributed by atoms with Crippen LogP contribution in [0.3, 0.4) is 0 Å². The van der Waals surface area contributed by atoms with Crippen LogP contribution in [0.2, 0.25) is 0 Å². The summed E-state index contributed by atoms with van der Waals surface area (Å²) < 4.78 is 0. The fourth-order valence-corrected chi connectivity index (χ4v) is 2.78. The lowest BCUT2D eigenvalue weighted by Crippen LogP contribution is -2.27. The van der Waals surface area contributed by atoms with Crippen LogP contribution in [0.15, 0.2) is 79.0 Å². The van der Waals surface area contributed by atoms with Crippen LogP contribution in [0.1, 0.15) is 47.5 Å². The molecule has 0 aliphatic heterocycles. The molecule has 4 heteroatoms. The highest BCUT2D eigenvalue weighted by molar-refractivity contribution is 5.92. The zero-order valence-corrected chi connectivity index (χ0v) is 15.0. The van der Waals surface area contributed by atoms with Crippen molar-refractivity contribution < 1.29 is 4.79 Å². The van der Waals surface area contributed by atoms with E-state index in [-0.39, 0.29) is 18.0 Å². The average molecular weight is 345 g/mol. The highest BCUT2D eigenvalue weighted by Crippen LogP contribution is 2.18. The Kier molecular flexibility index (Phi) is 5.64. The van der Waals surface area contributed by atoms with Crippen molar-refractivity contribution in [1.29, 1.82) is 0 Å². The van der Waals surface area contributed by atoms with E-state index in [0.717, 1.165) is 11.3 Å². The minimum atomic E-state index is -0.177. The van der Waals surface area contributed by atoms with Gasteiger partial charge in [-0.15, -0.1) is 0 Å². The zero-order valence-electron chi connectivity index (χ0n) is 15.0. The van der Waals surface area contributed by atoms with Crippen molar-refractivity contribution in [3.05, 3.63) is 95.8 Å². The van der Waals surface area contributed by atoms with Gasteiger partial charge in [0.1, 0.15) is 5.69 Å². The molecule has 26 heavy (non-hydrogen) atoms. The molecule has 0 aliphatic rings. The van der Waals surface area contributed by atoms with Gasteiger partial charge in [0.05, 0.1) is 17.9 Å². The van der Waals surface area contributed by atoms with Crippen molar-refractivity contribution in [2.45, 2.75) is 25.9 Å². The second-order valence-electron chi connectivity index (χ2n) is 6.31. The van der Waals surface area contributed by atoms with E-state index in [9.17, 15) is 4.79 Å². The van der Waals surface area contributed by atoms with E-state index in [2.05, 4.69) is 34.7 Å². The summed E-state index contributed by atoms with van der Waals surface area (Å²) in [6.07, 6.45) is 1.70. The number of nitrogens with one attached hydrogen (secondary N) is 2. The molecule has 0 radical (unpaired) electrons. The van der Waals surface area contributed by atoms with E-state index in [1.54, 1.807) is 12.3 Å². The maximum Gasteiger partial charge on any atom is 0.270 e. The number of aromatic nitrogens is 1. The van der Waals surface area contributed by atoms with E-state index in [0.29, 0.717) is 5.69 Å². The van der Waals surface area contributed by atoms with Crippen LogP contribution in [0, 0.1) is 0 Å². The first kappa shape index (κ1) is 17.7. The fourth-order valence-electron chi connectivity index (χ4n) is 2.78. The highest BCUT2D eigenvalue weighted by Gasteiger charge is 2.12. The first-order valence-electron chi connectivity index (χ1n) is 8.77. The Bertz CT molecular complexity index is 832. The van der Waals surface area contributed by atoms with Crippen LogP contribution in [0.4, 0.5) is 5.69 Å². The lowest BCUT2D eigenvalue weighted by molar-refractivity contribution is 0.0935. The third-order valence-electron chi connectivity index (χ3n) is 4.33. The highest BCUT2D eigenvalue weighted by atomic mass is 16.1. The molecule has 0 aliphatic carbocycles. The maximum absolute atomic E-state index is 12.4. The standard InChI is InChI=1S/C22H23N3O/c1-16(18-9-5-3-6-10-18)24-20-13-14-21(23-15-20)22(26)25-17(2)19-11-7-4-8-12-19/h3-17,24H,1-2H3,(H,25,26). The van der Waals surface area contributed by atoms with E-state index in [1.807, 2.05) is 61.5 Å². The van der Waals surface area contributed by atoms with Crippen molar-refractivity contribution in [2.24, 2.45) is 0 Å². The molecule has 0 bridgehead atoms. The van der Waals surface area contributed by atoms with Gasteiger partial charge in [0.15, 0.2) is 0 Å². The Hall–Kier alpha value is -3.14. The summed E-state index contributed by atoms with van der Waals surface area (Å²) in [5.41, 5.74) is 3.56. The van der Waals surface area contributed by atoms with Gasteiger partial charge in [-0.3, -0.25) is 4.79 Å². The number of rotatable bonds is 6. The fraction of sp³-hybridized carbons (Fsp3) is 0.182. The molecule has 4 nitrogen and oxygen atoms in total. The van der Waals surface area contributed by atoms with Gasteiger partial charge in [0.25, 0.3) is 5.91 Å². The minimum Gasteiger partial charge on any atom is -0.377 e. The Labute approximate surface area is 154 Å². The molecule has 1 heterocycles. The summed E-state index contributed by atoms with van der Waals surface area (Å²) in [5.74, 6) is -0.177. The van der Waals surface area contributed by atoms with Gasteiger partial charge in [0, 0.05) is 6.04 Å². The van der Waals surface area contributed by atoms with Gasteiger partial charge in [-0.1, -0.05) is 60.7 Å². The Morgan fingerprint density at radius 1 is 0.808 bits per heavy atom. The number of hydrogen-bond donors (Lipinski definition) is 2. The van der Waals surface area contributed by atoms with Crippen LogP contribution in [-0.4, -0.2) is 10.9 Å². The van der Waals surface area contributed by atoms with Crippen molar-refractivity contribution in [3.63, 3.8) is 0 Å². The normalized spacial score (nSPS) is 12.8. The number of amides is 1. The lowest BCUT2D eigenvalue weighted by atomic mass is 10.1. The number of benzene rings is 2. The van der Waals surface area contributed by atoms with Gasteiger partial charge in [0.2, 0.25) is 0 Å². The summed E-state index contributed by atoms with van der Waals surface area (Å²) in [6, 6.07) is 23.8. The van der Waals surface area contributed by atoms with Crippen molar-refractivity contribution in [1.82, 2.24) is 10.3 Å². The SMILES string of the molecule is CC(NC(=O)c1ccc(NC(C)c2ccccc2)cn1)c1ccccc1. The molecule has 0 saturated heterocycles. The molecular weight excluding hydrogens is 322 g/mol. The van der Waals surface area contributed by atoms with E-state index >= 15 is 0 Å². The van der Waals surface area contributed by atoms with Crippen LogP contribution >= 0.6 is 0 Å². The third kappa shape index (κ3) is 4.48. The number of hydrogen-bond acceptors (Lipinski definition) is 3. The first-order valence-corrected chi connectivity index (χ1v) is 8.77.